The van der Waals surface area contributed by atoms with Gasteiger partial charge in [-0.25, -0.2) is 4.98 Å². The first-order chi connectivity index (χ1) is 9.86. The first-order valence-corrected chi connectivity index (χ1v) is 7.13. The molecule has 0 bridgehead atoms. The summed E-state index contributed by atoms with van der Waals surface area (Å²) in [5.41, 5.74) is 1.54. The summed E-state index contributed by atoms with van der Waals surface area (Å²) >= 11 is 0. The highest BCUT2D eigenvalue weighted by molar-refractivity contribution is 5.83. The van der Waals surface area contributed by atoms with Gasteiger partial charge >= 0.3 is 0 Å². The highest BCUT2D eigenvalue weighted by Crippen LogP contribution is 2.20. The molecule has 0 aliphatic carbocycles. The molecular formula is C13H20N6O. The minimum Gasteiger partial charge on any atom is -0.381 e. The van der Waals surface area contributed by atoms with Gasteiger partial charge in [0.1, 0.15) is 5.52 Å². The molecule has 7 nitrogen and oxygen atoms in total. The molecule has 1 saturated heterocycles. The Balaban J connectivity index is 1.69. The van der Waals surface area contributed by atoms with Gasteiger partial charge in [0.2, 0.25) is 5.95 Å². The molecule has 1 atom stereocenters. The van der Waals surface area contributed by atoms with E-state index in [1.807, 2.05) is 6.92 Å². The Morgan fingerprint density at radius 3 is 3.15 bits per heavy atom. The van der Waals surface area contributed by atoms with E-state index in [2.05, 4.69) is 30.6 Å². The zero-order valence-electron chi connectivity index (χ0n) is 11.6. The highest BCUT2D eigenvalue weighted by atomic mass is 16.5. The van der Waals surface area contributed by atoms with Crippen LogP contribution in [0.25, 0.3) is 11.2 Å². The van der Waals surface area contributed by atoms with E-state index in [0.717, 1.165) is 50.5 Å². The lowest BCUT2D eigenvalue weighted by Crippen LogP contribution is -2.12. The summed E-state index contributed by atoms with van der Waals surface area (Å²) in [4.78, 5) is 16.1. The number of nitrogens with zero attached hydrogens (tertiary/aromatic N) is 3. The summed E-state index contributed by atoms with van der Waals surface area (Å²) in [6.07, 6.45) is 3.90. The quantitative estimate of drug-likeness (QED) is 0.743. The Labute approximate surface area is 117 Å². The molecule has 1 aliphatic heterocycles. The lowest BCUT2D eigenvalue weighted by Gasteiger charge is -2.11. The lowest BCUT2D eigenvalue weighted by molar-refractivity contribution is 0.185. The summed E-state index contributed by atoms with van der Waals surface area (Å²) in [6.45, 7) is 5.46. The number of imidazole rings is 1. The fourth-order valence-electron chi connectivity index (χ4n) is 2.40. The van der Waals surface area contributed by atoms with Gasteiger partial charge in [-0.15, -0.1) is 0 Å². The fraction of sp³-hybridized carbons (Fsp3) is 0.615. The van der Waals surface area contributed by atoms with Crippen LogP contribution in [0.4, 0.5) is 11.8 Å². The predicted octanol–water partition coefficient (Wildman–Crippen LogP) is 1.62. The molecular weight excluding hydrogens is 256 g/mol. The van der Waals surface area contributed by atoms with Crippen LogP contribution in [-0.2, 0) is 4.74 Å². The third-order valence-corrected chi connectivity index (χ3v) is 3.49. The molecule has 2 aromatic rings. The van der Waals surface area contributed by atoms with Crippen molar-refractivity contribution in [3.63, 3.8) is 0 Å². The van der Waals surface area contributed by atoms with Crippen molar-refractivity contribution in [2.45, 2.75) is 19.8 Å². The van der Waals surface area contributed by atoms with E-state index in [4.69, 9.17) is 4.74 Å². The van der Waals surface area contributed by atoms with Gasteiger partial charge in [0, 0.05) is 26.3 Å². The van der Waals surface area contributed by atoms with Crippen LogP contribution in [0, 0.1) is 5.92 Å². The Morgan fingerprint density at radius 1 is 1.40 bits per heavy atom. The van der Waals surface area contributed by atoms with E-state index in [1.165, 1.54) is 0 Å². The number of H-pyrrole nitrogens is 1. The van der Waals surface area contributed by atoms with Crippen LogP contribution in [0.1, 0.15) is 19.8 Å². The van der Waals surface area contributed by atoms with E-state index >= 15 is 0 Å². The standard InChI is InChI=1S/C13H20N6O/c1-2-14-13-18-11(10-12(19-13)17-8-16-10)15-5-3-9-4-6-20-7-9/h8-9H,2-7H2,1H3,(H3,14,15,16,17,18,19). The zero-order valence-corrected chi connectivity index (χ0v) is 11.6. The third-order valence-electron chi connectivity index (χ3n) is 3.49. The van der Waals surface area contributed by atoms with Crippen LogP contribution in [-0.4, -0.2) is 46.2 Å². The molecule has 0 spiro atoms. The number of ether oxygens (including phenoxy) is 1. The third kappa shape index (κ3) is 2.82. The van der Waals surface area contributed by atoms with Gasteiger partial charge in [-0.2, -0.15) is 9.97 Å². The van der Waals surface area contributed by atoms with Crippen molar-refractivity contribution in [1.82, 2.24) is 19.9 Å². The normalized spacial score (nSPS) is 18.6. The number of aromatic nitrogens is 4. The number of hydrogen-bond donors (Lipinski definition) is 3. The van der Waals surface area contributed by atoms with Crippen LogP contribution in [0.3, 0.4) is 0 Å². The Kier molecular flexibility index (Phi) is 3.96. The van der Waals surface area contributed by atoms with E-state index in [0.29, 0.717) is 17.5 Å². The maximum absolute atomic E-state index is 5.39. The largest absolute Gasteiger partial charge is 0.381 e. The molecule has 3 heterocycles. The number of aromatic amines is 1. The Hall–Kier alpha value is -1.89. The van der Waals surface area contributed by atoms with Crippen molar-refractivity contribution in [2.24, 2.45) is 5.92 Å². The summed E-state index contributed by atoms with van der Waals surface area (Å²) in [5, 5.41) is 6.51. The van der Waals surface area contributed by atoms with Gasteiger partial charge in [-0.1, -0.05) is 0 Å². The monoisotopic (exact) mass is 276 g/mol. The lowest BCUT2D eigenvalue weighted by atomic mass is 10.1. The number of anilines is 2. The van der Waals surface area contributed by atoms with Gasteiger partial charge < -0.3 is 20.4 Å². The molecule has 20 heavy (non-hydrogen) atoms. The first-order valence-electron chi connectivity index (χ1n) is 7.13. The van der Waals surface area contributed by atoms with Crippen LogP contribution < -0.4 is 10.6 Å². The van der Waals surface area contributed by atoms with Crippen molar-refractivity contribution < 1.29 is 4.74 Å². The van der Waals surface area contributed by atoms with Crippen molar-refractivity contribution in [3.05, 3.63) is 6.33 Å². The van der Waals surface area contributed by atoms with Gasteiger partial charge in [0.05, 0.1) is 6.33 Å². The molecule has 108 valence electrons. The smallest absolute Gasteiger partial charge is 0.226 e. The number of fused-ring (bicyclic) bond motifs is 1. The number of rotatable bonds is 6. The Morgan fingerprint density at radius 2 is 2.35 bits per heavy atom. The average Bonchev–Trinajstić information content (AvgIpc) is 3.09. The molecule has 0 radical (unpaired) electrons. The van der Waals surface area contributed by atoms with Gasteiger partial charge in [0.15, 0.2) is 11.5 Å². The van der Waals surface area contributed by atoms with Crippen molar-refractivity contribution in [1.29, 1.82) is 0 Å². The SMILES string of the molecule is CCNc1nc(NCCC2CCOC2)c2[nH]cnc2n1. The van der Waals surface area contributed by atoms with Crippen LogP contribution >= 0.6 is 0 Å². The molecule has 3 N–H and O–H groups in total. The van der Waals surface area contributed by atoms with Crippen LogP contribution in [0.15, 0.2) is 6.33 Å². The summed E-state index contributed by atoms with van der Waals surface area (Å²) in [7, 11) is 0. The van der Waals surface area contributed by atoms with Crippen molar-refractivity contribution in [2.75, 3.05) is 36.9 Å². The fourth-order valence-corrected chi connectivity index (χ4v) is 2.40. The molecule has 0 aromatic carbocycles. The van der Waals surface area contributed by atoms with Crippen molar-refractivity contribution in [3.8, 4) is 0 Å². The maximum atomic E-state index is 5.39. The molecule has 1 aliphatic rings. The van der Waals surface area contributed by atoms with Gasteiger partial charge in [0.25, 0.3) is 0 Å². The molecule has 1 fully saturated rings. The summed E-state index contributed by atoms with van der Waals surface area (Å²) in [5.74, 6) is 2.08. The predicted molar refractivity (Wildman–Crippen MR) is 77.9 cm³/mol. The second-order valence-electron chi connectivity index (χ2n) is 4.97. The molecule has 1 unspecified atom stereocenters. The number of hydrogen-bond acceptors (Lipinski definition) is 6. The second-order valence-corrected chi connectivity index (χ2v) is 4.97. The molecule has 2 aromatic heterocycles. The maximum Gasteiger partial charge on any atom is 0.226 e. The minimum atomic E-state index is 0.610. The second kappa shape index (κ2) is 6.04. The van der Waals surface area contributed by atoms with E-state index in [-0.39, 0.29) is 0 Å². The molecule has 0 amide bonds. The topological polar surface area (TPSA) is 87.8 Å². The molecule has 0 saturated carbocycles. The summed E-state index contributed by atoms with van der Waals surface area (Å²) < 4.78 is 5.39. The molecule has 7 heteroatoms. The average molecular weight is 276 g/mol. The highest BCUT2D eigenvalue weighted by Gasteiger charge is 2.15. The van der Waals surface area contributed by atoms with Crippen LogP contribution in [0.2, 0.25) is 0 Å². The summed E-state index contributed by atoms with van der Waals surface area (Å²) in [6, 6.07) is 0. The molecule has 3 rings (SSSR count). The zero-order chi connectivity index (χ0) is 13.8. The number of nitrogens with one attached hydrogen (secondary N) is 3. The Bertz CT molecular complexity index is 563. The minimum absolute atomic E-state index is 0.610. The van der Waals surface area contributed by atoms with E-state index < -0.39 is 0 Å². The van der Waals surface area contributed by atoms with E-state index in [9.17, 15) is 0 Å². The van der Waals surface area contributed by atoms with Crippen LogP contribution in [0.5, 0.6) is 0 Å². The first kappa shape index (κ1) is 13.1. The van der Waals surface area contributed by atoms with Gasteiger partial charge in [-0.3, -0.25) is 0 Å². The van der Waals surface area contributed by atoms with Crippen molar-refractivity contribution >= 4 is 22.9 Å². The van der Waals surface area contributed by atoms with Gasteiger partial charge in [-0.05, 0) is 25.7 Å². The van der Waals surface area contributed by atoms with E-state index in [1.54, 1.807) is 6.33 Å².